The number of aliphatic hydroxyl groups is 1. The first-order valence-corrected chi connectivity index (χ1v) is 12.1. The highest BCUT2D eigenvalue weighted by molar-refractivity contribution is 6.46. The summed E-state index contributed by atoms with van der Waals surface area (Å²) in [6.45, 7) is 5.83. The summed E-state index contributed by atoms with van der Waals surface area (Å²) in [6, 6.07) is 17.4. The molecule has 0 aromatic heterocycles. The van der Waals surface area contributed by atoms with Crippen molar-refractivity contribution < 1.29 is 34.0 Å². The lowest BCUT2D eigenvalue weighted by molar-refractivity contribution is -0.140. The molecule has 1 fully saturated rings. The molecule has 0 bridgehead atoms. The maximum atomic E-state index is 13.5. The fourth-order valence-electron chi connectivity index (χ4n) is 4.43. The molecule has 3 aromatic rings. The largest absolute Gasteiger partial charge is 0.508 e. The van der Waals surface area contributed by atoms with E-state index in [1.54, 1.807) is 30.3 Å². The van der Waals surface area contributed by atoms with Crippen molar-refractivity contribution in [3.63, 3.8) is 0 Å². The van der Waals surface area contributed by atoms with Gasteiger partial charge >= 0.3 is 0 Å². The Kier molecular flexibility index (Phi) is 7.35. The van der Waals surface area contributed by atoms with Crippen molar-refractivity contribution in [1.82, 2.24) is 4.90 Å². The van der Waals surface area contributed by atoms with Crippen LogP contribution in [0, 0.1) is 0 Å². The van der Waals surface area contributed by atoms with Gasteiger partial charge in [0.25, 0.3) is 11.7 Å². The molecular weight excluding hydrogens is 486 g/mol. The minimum absolute atomic E-state index is 0.0337. The summed E-state index contributed by atoms with van der Waals surface area (Å²) in [6.07, 6.45) is 0. The number of ether oxygens (including phenoxy) is 3. The van der Waals surface area contributed by atoms with Crippen LogP contribution in [0.3, 0.4) is 0 Å². The molecule has 3 aromatic carbocycles. The molecule has 0 aliphatic carbocycles. The van der Waals surface area contributed by atoms with Crippen LogP contribution in [-0.4, -0.2) is 46.6 Å². The number of rotatable bonds is 7. The Bertz CT molecular complexity index is 1390. The number of carbonyl (C=O) groups is 2. The van der Waals surface area contributed by atoms with Crippen LogP contribution < -0.4 is 14.2 Å². The van der Waals surface area contributed by atoms with E-state index in [9.17, 15) is 19.8 Å². The number of Topliss-reactive ketones (excluding diaryl/α,β-unsaturated/α-hetero) is 1. The third kappa shape index (κ3) is 5.29. The second kappa shape index (κ2) is 10.5. The Hall–Kier alpha value is -4.46. The number of phenolic OH excluding ortho intramolecular Hbond substituents is 1. The van der Waals surface area contributed by atoms with Gasteiger partial charge in [0.2, 0.25) is 0 Å². The lowest BCUT2D eigenvalue weighted by atomic mass is 9.94. The number of benzene rings is 3. The molecular formula is C30H31NO7. The van der Waals surface area contributed by atoms with E-state index in [0.29, 0.717) is 22.6 Å². The summed E-state index contributed by atoms with van der Waals surface area (Å²) in [5, 5.41) is 21.3. The molecule has 1 atom stereocenters. The van der Waals surface area contributed by atoms with Crippen LogP contribution in [0.1, 0.15) is 43.5 Å². The highest BCUT2D eigenvalue weighted by Crippen LogP contribution is 2.43. The lowest BCUT2D eigenvalue weighted by Gasteiger charge is -2.28. The first-order chi connectivity index (χ1) is 18.0. The number of phenols is 1. The van der Waals surface area contributed by atoms with E-state index in [2.05, 4.69) is 0 Å². The summed E-state index contributed by atoms with van der Waals surface area (Å²) in [7, 11) is 2.94. The van der Waals surface area contributed by atoms with E-state index in [-0.39, 0.29) is 34.9 Å². The van der Waals surface area contributed by atoms with Crippen molar-refractivity contribution in [2.75, 3.05) is 14.2 Å². The first-order valence-electron chi connectivity index (χ1n) is 12.1. The average Bonchev–Trinajstić information content (AvgIpc) is 3.13. The van der Waals surface area contributed by atoms with E-state index >= 15 is 0 Å². The first kappa shape index (κ1) is 26.6. The minimum Gasteiger partial charge on any atom is -0.508 e. The van der Waals surface area contributed by atoms with Crippen LogP contribution in [0.25, 0.3) is 5.76 Å². The maximum absolute atomic E-state index is 13.5. The zero-order chi connectivity index (χ0) is 27.6. The summed E-state index contributed by atoms with van der Waals surface area (Å²) in [4.78, 5) is 28.3. The quantitative estimate of drug-likeness (QED) is 0.252. The van der Waals surface area contributed by atoms with Gasteiger partial charge in [0.15, 0.2) is 0 Å². The standard InChI is InChI=1S/C30H31NO7/c1-30(2,3)38-23-9-7-6-8-19(23)17-31-26(18-10-12-20(32)13-11-18)25(28(34)29(31)35)27(33)22-15-14-21(36-4)16-24(22)37-5/h6-16,26,32-33H,17H2,1-5H3/b27-25-. The smallest absolute Gasteiger partial charge is 0.295 e. The van der Waals surface area contributed by atoms with Gasteiger partial charge in [-0.2, -0.15) is 0 Å². The second-order valence-corrected chi connectivity index (χ2v) is 9.91. The zero-order valence-electron chi connectivity index (χ0n) is 22.0. The van der Waals surface area contributed by atoms with Crippen molar-refractivity contribution in [3.8, 4) is 23.0 Å². The third-order valence-corrected chi connectivity index (χ3v) is 6.14. The number of aliphatic hydroxyl groups excluding tert-OH is 1. The number of methoxy groups -OCH3 is 2. The van der Waals surface area contributed by atoms with Gasteiger partial charge in [-0.25, -0.2) is 0 Å². The van der Waals surface area contributed by atoms with Gasteiger partial charge in [0.1, 0.15) is 34.4 Å². The average molecular weight is 518 g/mol. The van der Waals surface area contributed by atoms with E-state index in [1.807, 2.05) is 45.0 Å². The van der Waals surface area contributed by atoms with Crippen LogP contribution in [0.2, 0.25) is 0 Å². The number of likely N-dealkylation sites (tertiary alicyclic amines) is 1. The van der Waals surface area contributed by atoms with Crippen molar-refractivity contribution in [3.05, 3.63) is 89.0 Å². The van der Waals surface area contributed by atoms with Gasteiger partial charge in [-0.1, -0.05) is 30.3 Å². The molecule has 4 rings (SSSR count). The Morgan fingerprint density at radius 3 is 2.24 bits per heavy atom. The van der Waals surface area contributed by atoms with Gasteiger partial charge in [-0.3, -0.25) is 9.59 Å². The van der Waals surface area contributed by atoms with Gasteiger partial charge in [0, 0.05) is 11.6 Å². The molecule has 0 spiro atoms. The summed E-state index contributed by atoms with van der Waals surface area (Å²) in [5.41, 5.74) is 0.927. The Labute approximate surface area is 221 Å². The number of ketones is 1. The third-order valence-electron chi connectivity index (χ3n) is 6.14. The molecule has 0 radical (unpaired) electrons. The van der Waals surface area contributed by atoms with E-state index in [0.717, 1.165) is 0 Å². The fourth-order valence-corrected chi connectivity index (χ4v) is 4.43. The van der Waals surface area contributed by atoms with E-state index in [1.165, 1.54) is 31.3 Å². The van der Waals surface area contributed by atoms with Crippen molar-refractivity contribution in [1.29, 1.82) is 0 Å². The topological polar surface area (TPSA) is 106 Å². The molecule has 2 N–H and O–H groups in total. The van der Waals surface area contributed by atoms with Crippen LogP contribution >= 0.6 is 0 Å². The molecule has 198 valence electrons. The minimum atomic E-state index is -0.926. The molecule has 38 heavy (non-hydrogen) atoms. The molecule has 1 aliphatic heterocycles. The molecule has 1 heterocycles. The molecule has 1 aliphatic rings. The molecule has 8 nitrogen and oxygen atoms in total. The zero-order valence-corrected chi connectivity index (χ0v) is 22.0. The lowest BCUT2D eigenvalue weighted by Crippen LogP contribution is -2.30. The van der Waals surface area contributed by atoms with Crippen LogP contribution in [-0.2, 0) is 16.1 Å². The molecule has 1 saturated heterocycles. The van der Waals surface area contributed by atoms with Crippen LogP contribution in [0.15, 0.2) is 72.3 Å². The second-order valence-electron chi connectivity index (χ2n) is 9.91. The van der Waals surface area contributed by atoms with Gasteiger partial charge < -0.3 is 29.3 Å². The Morgan fingerprint density at radius 2 is 1.61 bits per heavy atom. The summed E-state index contributed by atoms with van der Waals surface area (Å²) < 4.78 is 16.8. The predicted octanol–water partition coefficient (Wildman–Crippen LogP) is 5.21. The van der Waals surface area contributed by atoms with Crippen LogP contribution in [0.4, 0.5) is 0 Å². The van der Waals surface area contributed by atoms with E-state index in [4.69, 9.17) is 14.2 Å². The summed E-state index contributed by atoms with van der Waals surface area (Å²) in [5.74, 6) is -0.557. The van der Waals surface area contributed by atoms with Crippen molar-refractivity contribution in [2.45, 2.75) is 39.0 Å². The Balaban J connectivity index is 1.87. The van der Waals surface area contributed by atoms with Gasteiger partial charge in [-0.15, -0.1) is 0 Å². The van der Waals surface area contributed by atoms with Gasteiger partial charge in [0.05, 0.1) is 37.9 Å². The number of hydrogen-bond donors (Lipinski definition) is 2. The van der Waals surface area contributed by atoms with Crippen molar-refractivity contribution in [2.24, 2.45) is 0 Å². The number of hydrogen-bond acceptors (Lipinski definition) is 7. The van der Waals surface area contributed by atoms with Crippen LogP contribution in [0.5, 0.6) is 23.0 Å². The Morgan fingerprint density at radius 1 is 0.921 bits per heavy atom. The highest BCUT2D eigenvalue weighted by atomic mass is 16.5. The number of nitrogens with zero attached hydrogens (tertiary/aromatic N) is 1. The fraction of sp³-hybridized carbons (Fsp3) is 0.267. The number of para-hydroxylation sites is 1. The molecule has 1 amide bonds. The molecule has 1 unspecified atom stereocenters. The predicted molar refractivity (Wildman–Crippen MR) is 142 cm³/mol. The number of carbonyl (C=O) groups excluding carboxylic acids is 2. The molecule has 0 saturated carbocycles. The number of amides is 1. The SMILES string of the molecule is COc1ccc(/C(O)=C2/C(=O)C(=O)N(Cc3ccccc3OC(C)(C)C)C2c2ccc(O)cc2)c(OC)c1. The van der Waals surface area contributed by atoms with Gasteiger partial charge in [-0.05, 0) is 56.7 Å². The maximum Gasteiger partial charge on any atom is 0.295 e. The number of aromatic hydroxyl groups is 1. The van der Waals surface area contributed by atoms with Crippen molar-refractivity contribution >= 4 is 17.4 Å². The highest BCUT2D eigenvalue weighted by Gasteiger charge is 2.46. The monoisotopic (exact) mass is 517 g/mol. The summed E-state index contributed by atoms with van der Waals surface area (Å²) >= 11 is 0. The van der Waals surface area contributed by atoms with E-state index < -0.39 is 23.3 Å². The molecule has 8 heteroatoms. The normalized spacial score (nSPS) is 17.0.